The van der Waals surface area contributed by atoms with Crippen molar-refractivity contribution in [2.75, 3.05) is 5.32 Å². The molecule has 0 bridgehead atoms. The molecule has 0 saturated carbocycles. The highest BCUT2D eigenvalue weighted by Gasteiger charge is 2.12. The van der Waals surface area contributed by atoms with Crippen LogP contribution in [0.4, 0.5) is 5.69 Å². The molecule has 2 aromatic rings. The lowest BCUT2D eigenvalue weighted by atomic mass is 9.94. The van der Waals surface area contributed by atoms with E-state index < -0.39 is 0 Å². The van der Waals surface area contributed by atoms with Gasteiger partial charge in [0.25, 0.3) is 0 Å². The van der Waals surface area contributed by atoms with Gasteiger partial charge in [0.1, 0.15) is 5.76 Å². The molecule has 1 aromatic heterocycles. The van der Waals surface area contributed by atoms with Gasteiger partial charge in [-0.1, -0.05) is 45.0 Å². The minimum atomic E-state index is 0.496. The molecule has 0 unspecified atom stereocenters. The summed E-state index contributed by atoms with van der Waals surface area (Å²) in [5, 5.41) is 7.55. The van der Waals surface area contributed by atoms with Crippen LogP contribution < -0.4 is 5.32 Å². The van der Waals surface area contributed by atoms with Crippen molar-refractivity contribution in [1.82, 2.24) is 5.16 Å². The van der Waals surface area contributed by atoms with E-state index >= 15 is 0 Å². The van der Waals surface area contributed by atoms with Crippen molar-refractivity contribution in [3.05, 3.63) is 46.3 Å². The van der Waals surface area contributed by atoms with Crippen LogP contribution in [0.25, 0.3) is 0 Å². The van der Waals surface area contributed by atoms with Crippen molar-refractivity contribution < 1.29 is 4.52 Å². The van der Waals surface area contributed by atoms with Crippen molar-refractivity contribution in [3.63, 3.8) is 0 Å². The fourth-order valence-electron chi connectivity index (χ4n) is 2.52. The van der Waals surface area contributed by atoms with E-state index in [1.807, 2.05) is 13.8 Å². The van der Waals surface area contributed by atoms with Gasteiger partial charge in [-0.25, -0.2) is 0 Å². The largest absolute Gasteiger partial charge is 0.381 e. The van der Waals surface area contributed by atoms with Gasteiger partial charge in [0, 0.05) is 17.8 Å². The molecule has 2 rings (SSSR count). The Morgan fingerprint density at radius 3 is 2.33 bits per heavy atom. The average Bonchev–Trinajstić information content (AvgIpc) is 2.75. The van der Waals surface area contributed by atoms with Gasteiger partial charge in [-0.05, 0) is 42.9 Å². The van der Waals surface area contributed by atoms with Crippen molar-refractivity contribution in [3.8, 4) is 0 Å². The standard InChI is InChI=1S/C18H26N2O/c1-11(2)15-7-8-18(16(9-15)12(3)4)19-10-17-13(5)20-21-14(17)6/h7-9,11-12,19H,10H2,1-6H3. The molecule has 0 aliphatic rings. The topological polar surface area (TPSA) is 38.1 Å². The van der Waals surface area contributed by atoms with Crippen LogP contribution in [0.15, 0.2) is 22.7 Å². The Bertz CT molecular complexity index is 592. The summed E-state index contributed by atoms with van der Waals surface area (Å²) in [6, 6.07) is 6.74. The second kappa shape index (κ2) is 6.33. The predicted octanol–water partition coefficient (Wildman–Crippen LogP) is 5.15. The first-order valence-corrected chi connectivity index (χ1v) is 7.69. The Hall–Kier alpha value is -1.77. The monoisotopic (exact) mass is 286 g/mol. The summed E-state index contributed by atoms with van der Waals surface area (Å²) in [6.07, 6.45) is 0. The predicted molar refractivity (Wildman–Crippen MR) is 87.9 cm³/mol. The molecule has 1 aromatic carbocycles. The third-order valence-electron chi connectivity index (χ3n) is 4.00. The number of aryl methyl sites for hydroxylation is 2. The average molecular weight is 286 g/mol. The smallest absolute Gasteiger partial charge is 0.138 e. The van der Waals surface area contributed by atoms with E-state index in [1.165, 1.54) is 16.8 Å². The van der Waals surface area contributed by atoms with Crippen LogP contribution in [0.3, 0.4) is 0 Å². The summed E-state index contributed by atoms with van der Waals surface area (Å²) < 4.78 is 5.22. The van der Waals surface area contributed by atoms with Crippen molar-refractivity contribution in [2.45, 2.75) is 59.9 Å². The molecular weight excluding hydrogens is 260 g/mol. The molecule has 21 heavy (non-hydrogen) atoms. The Labute approximate surface area is 127 Å². The molecule has 0 amide bonds. The quantitative estimate of drug-likeness (QED) is 0.826. The fourth-order valence-corrected chi connectivity index (χ4v) is 2.52. The van der Waals surface area contributed by atoms with Crippen LogP contribution in [0.1, 0.15) is 67.7 Å². The zero-order chi connectivity index (χ0) is 15.6. The Kier molecular flexibility index (Phi) is 4.71. The number of anilines is 1. The summed E-state index contributed by atoms with van der Waals surface area (Å²) in [5.41, 5.74) is 6.08. The van der Waals surface area contributed by atoms with E-state index in [2.05, 4.69) is 56.4 Å². The normalized spacial score (nSPS) is 11.4. The molecule has 0 aliphatic carbocycles. The van der Waals surface area contributed by atoms with Gasteiger partial charge in [0.05, 0.1) is 5.69 Å². The minimum Gasteiger partial charge on any atom is -0.381 e. The molecule has 3 heteroatoms. The van der Waals surface area contributed by atoms with Crippen molar-refractivity contribution in [2.24, 2.45) is 0 Å². The Balaban J connectivity index is 2.23. The van der Waals surface area contributed by atoms with Gasteiger partial charge in [-0.2, -0.15) is 0 Å². The number of aromatic nitrogens is 1. The molecule has 3 nitrogen and oxygen atoms in total. The maximum absolute atomic E-state index is 5.22. The number of nitrogens with zero attached hydrogens (tertiary/aromatic N) is 1. The first-order chi connectivity index (χ1) is 9.90. The molecule has 1 N–H and O–H groups in total. The van der Waals surface area contributed by atoms with Gasteiger partial charge in [0.2, 0.25) is 0 Å². The van der Waals surface area contributed by atoms with Crippen LogP contribution in [-0.2, 0) is 6.54 Å². The zero-order valence-corrected chi connectivity index (χ0v) is 13.9. The van der Waals surface area contributed by atoms with Gasteiger partial charge in [0.15, 0.2) is 0 Å². The van der Waals surface area contributed by atoms with Crippen LogP contribution in [0, 0.1) is 13.8 Å². The number of hydrogen-bond acceptors (Lipinski definition) is 3. The zero-order valence-electron chi connectivity index (χ0n) is 13.9. The fraction of sp³-hybridized carbons (Fsp3) is 0.500. The molecule has 0 atom stereocenters. The van der Waals surface area contributed by atoms with E-state index in [-0.39, 0.29) is 0 Å². The molecule has 0 spiro atoms. The second-order valence-electron chi connectivity index (χ2n) is 6.31. The highest BCUT2D eigenvalue weighted by atomic mass is 16.5. The lowest BCUT2D eigenvalue weighted by Crippen LogP contribution is -2.05. The number of rotatable bonds is 5. The van der Waals surface area contributed by atoms with Gasteiger partial charge < -0.3 is 9.84 Å². The van der Waals surface area contributed by atoms with Crippen LogP contribution in [0.2, 0.25) is 0 Å². The molecule has 1 heterocycles. The van der Waals surface area contributed by atoms with Gasteiger partial charge in [-0.3, -0.25) is 0 Å². The molecule has 0 radical (unpaired) electrons. The van der Waals surface area contributed by atoms with E-state index in [0.717, 1.165) is 23.6 Å². The summed E-state index contributed by atoms with van der Waals surface area (Å²) in [7, 11) is 0. The molecule has 0 fully saturated rings. The lowest BCUT2D eigenvalue weighted by Gasteiger charge is -2.17. The van der Waals surface area contributed by atoms with Crippen LogP contribution in [0.5, 0.6) is 0 Å². The third kappa shape index (κ3) is 3.46. The molecule has 114 valence electrons. The minimum absolute atomic E-state index is 0.496. The Morgan fingerprint density at radius 2 is 1.81 bits per heavy atom. The molecule has 0 saturated heterocycles. The van der Waals surface area contributed by atoms with Crippen molar-refractivity contribution in [1.29, 1.82) is 0 Å². The molecular formula is C18H26N2O. The van der Waals surface area contributed by atoms with Crippen molar-refractivity contribution >= 4 is 5.69 Å². The van der Waals surface area contributed by atoms with Gasteiger partial charge >= 0.3 is 0 Å². The van der Waals surface area contributed by atoms with E-state index in [9.17, 15) is 0 Å². The number of benzene rings is 1. The first-order valence-electron chi connectivity index (χ1n) is 7.69. The maximum Gasteiger partial charge on any atom is 0.138 e. The maximum atomic E-state index is 5.22. The molecule has 0 aliphatic heterocycles. The lowest BCUT2D eigenvalue weighted by molar-refractivity contribution is 0.392. The number of hydrogen-bond donors (Lipinski definition) is 1. The highest BCUT2D eigenvalue weighted by Crippen LogP contribution is 2.29. The summed E-state index contributed by atoms with van der Waals surface area (Å²) in [6.45, 7) is 13.6. The Morgan fingerprint density at radius 1 is 1.10 bits per heavy atom. The SMILES string of the molecule is Cc1noc(C)c1CNc1ccc(C(C)C)cc1C(C)C. The third-order valence-corrected chi connectivity index (χ3v) is 4.00. The summed E-state index contributed by atoms with van der Waals surface area (Å²) in [5.74, 6) is 1.94. The van der Waals surface area contributed by atoms with E-state index in [1.54, 1.807) is 0 Å². The van der Waals surface area contributed by atoms with Crippen LogP contribution in [-0.4, -0.2) is 5.16 Å². The summed E-state index contributed by atoms with van der Waals surface area (Å²) in [4.78, 5) is 0. The van der Waals surface area contributed by atoms with Gasteiger partial charge in [-0.15, -0.1) is 0 Å². The van der Waals surface area contributed by atoms with Crippen LogP contribution >= 0.6 is 0 Å². The number of nitrogens with one attached hydrogen (secondary N) is 1. The summed E-state index contributed by atoms with van der Waals surface area (Å²) >= 11 is 0. The first kappa shape index (κ1) is 15.6. The highest BCUT2D eigenvalue weighted by molar-refractivity contribution is 5.55. The second-order valence-corrected chi connectivity index (χ2v) is 6.31. The van der Waals surface area contributed by atoms with E-state index in [0.29, 0.717) is 11.8 Å². The van der Waals surface area contributed by atoms with E-state index in [4.69, 9.17) is 4.52 Å².